The third-order valence-electron chi connectivity index (χ3n) is 2.48. The smallest absolute Gasteiger partial charge is 0.412 e. The molecule has 0 aromatic heterocycles. The Balaban J connectivity index is 2.65. The number of allylic oxidation sites excluding steroid dienone is 4. The van der Waals surface area contributed by atoms with Gasteiger partial charge in [-0.15, -0.1) is 0 Å². The van der Waals surface area contributed by atoms with Crippen molar-refractivity contribution in [2.24, 2.45) is 0 Å². The third kappa shape index (κ3) is 4.01. The van der Waals surface area contributed by atoms with E-state index < -0.39 is 29.9 Å². The average Bonchev–Trinajstić information content (AvgIpc) is 2.28. The number of ketones is 1. The molecule has 0 aliphatic heterocycles. The minimum Gasteiger partial charge on any atom is -0.466 e. The molecule has 0 heterocycles. The highest BCUT2D eigenvalue weighted by Gasteiger charge is 2.34. The molecule has 0 N–H and O–H groups in total. The van der Waals surface area contributed by atoms with Gasteiger partial charge in [0.05, 0.1) is 6.61 Å². The van der Waals surface area contributed by atoms with E-state index >= 15 is 0 Å². The molecule has 0 aromatic rings. The van der Waals surface area contributed by atoms with Gasteiger partial charge >= 0.3 is 12.1 Å². The van der Waals surface area contributed by atoms with E-state index in [0.29, 0.717) is 0 Å². The molecule has 6 heteroatoms. The van der Waals surface area contributed by atoms with Crippen LogP contribution in [0.4, 0.5) is 13.2 Å². The number of esters is 1. The van der Waals surface area contributed by atoms with E-state index in [1.807, 2.05) is 0 Å². The van der Waals surface area contributed by atoms with Crippen LogP contribution in [-0.2, 0) is 14.3 Å². The maximum atomic E-state index is 12.3. The first kappa shape index (κ1) is 14.5. The van der Waals surface area contributed by atoms with E-state index in [0.717, 1.165) is 12.2 Å². The van der Waals surface area contributed by atoms with Crippen LogP contribution < -0.4 is 0 Å². The van der Waals surface area contributed by atoms with E-state index in [9.17, 15) is 22.8 Å². The summed E-state index contributed by atoms with van der Waals surface area (Å²) in [5, 5.41) is 0. The maximum absolute atomic E-state index is 12.3. The Morgan fingerprint density at radius 1 is 1.28 bits per heavy atom. The topological polar surface area (TPSA) is 43.4 Å². The summed E-state index contributed by atoms with van der Waals surface area (Å²) < 4.78 is 41.6. The zero-order chi connectivity index (χ0) is 13.8. The van der Waals surface area contributed by atoms with Crippen LogP contribution >= 0.6 is 0 Å². The predicted octanol–water partition coefficient (Wildman–Crippen LogP) is 2.72. The summed E-state index contributed by atoms with van der Waals surface area (Å²) in [6, 6.07) is 0. The molecule has 18 heavy (non-hydrogen) atoms. The summed E-state index contributed by atoms with van der Waals surface area (Å²) in [5.74, 6) is -1.14. The van der Waals surface area contributed by atoms with E-state index in [1.54, 1.807) is 6.92 Å². The fourth-order valence-electron chi connectivity index (χ4n) is 1.56. The molecule has 0 fully saturated rings. The first-order valence-electron chi connectivity index (χ1n) is 5.50. The van der Waals surface area contributed by atoms with Gasteiger partial charge in [-0.25, -0.2) is 0 Å². The largest absolute Gasteiger partial charge is 0.466 e. The maximum Gasteiger partial charge on any atom is 0.412 e. The summed E-state index contributed by atoms with van der Waals surface area (Å²) in [6.07, 6.45) is -2.98. The minimum absolute atomic E-state index is 0.00355. The van der Waals surface area contributed by atoms with Crippen molar-refractivity contribution in [2.45, 2.75) is 32.4 Å². The number of hydrogen-bond acceptors (Lipinski definition) is 3. The lowest BCUT2D eigenvalue weighted by molar-refractivity contribution is -0.145. The predicted molar refractivity (Wildman–Crippen MR) is 57.7 cm³/mol. The summed E-state index contributed by atoms with van der Waals surface area (Å²) in [5.41, 5.74) is -0.425. The van der Waals surface area contributed by atoms with Crippen molar-refractivity contribution in [1.29, 1.82) is 0 Å². The van der Waals surface area contributed by atoms with E-state index in [-0.39, 0.29) is 25.0 Å². The molecule has 1 rings (SSSR count). The Bertz CT molecular complexity index is 405. The average molecular weight is 262 g/mol. The molecule has 1 aliphatic carbocycles. The lowest BCUT2D eigenvalue weighted by Crippen LogP contribution is -2.17. The number of rotatable bonds is 4. The van der Waals surface area contributed by atoms with Crippen LogP contribution in [0.15, 0.2) is 23.3 Å². The van der Waals surface area contributed by atoms with Gasteiger partial charge in [0.15, 0.2) is 5.78 Å². The van der Waals surface area contributed by atoms with Gasteiger partial charge in [-0.3, -0.25) is 9.59 Å². The van der Waals surface area contributed by atoms with E-state index in [2.05, 4.69) is 4.74 Å². The summed E-state index contributed by atoms with van der Waals surface area (Å²) in [7, 11) is 0. The van der Waals surface area contributed by atoms with Crippen molar-refractivity contribution in [3.05, 3.63) is 23.3 Å². The van der Waals surface area contributed by atoms with Crippen LogP contribution in [0.3, 0.4) is 0 Å². The van der Waals surface area contributed by atoms with Crippen LogP contribution in [0.1, 0.15) is 26.2 Å². The molecule has 3 nitrogen and oxygen atoms in total. The molecule has 0 aromatic carbocycles. The molecule has 0 saturated heterocycles. The monoisotopic (exact) mass is 262 g/mol. The number of ether oxygens (including phenoxy) is 1. The molecule has 0 radical (unpaired) electrons. The fourth-order valence-corrected chi connectivity index (χ4v) is 1.56. The number of alkyl halides is 3. The second kappa shape index (κ2) is 5.84. The normalized spacial score (nSPS) is 15.8. The van der Waals surface area contributed by atoms with Gasteiger partial charge in [-0.2, -0.15) is 13.2 Å². The second-order valence-electron chi connectivity index (χ2n) is 3.79. The quantitative estimate of drug-likeness (QED) is 0.578. The molecule has 0 amide bonds. The Kier molecular flexibility index (Phi) is 4.69. The van der Waals surface area contributed by atoms with E-state index in [1.165, 1.54) is 0 Å². The Morgan fingerprint density at radius 2 is 1.94 bits per heavy atom. The van der Waals surface area contributed by atoms with Crippen molar-refractivity contribution in [3.8, 4) is 0 Å². The SMILES string of the molecule is CCOC(=O)CC(=O)C1=CC=C(C(F)(F)F)CC1. The molecular formula is C12H13F3O3. The molecule has 0 unspecified atom stereocenters. The first-order chi connectivity index (χ1) is 8.34. The number of halogens is 3. The summed E-state index contributed by atoms with van der Waals surface area (Å²) in [4.78, 5) is 22.6. The standard InChI is InChI=1S/C12H13F3O3/c1-2-18-11(17)7-10(16)8-3-5-9(6-4-8)12(13,14)15/h3,5H,2,4,6-7H2,1H3. The number of carbonyl (C=O) groups excluding carboxylic acids is 2. The fraction of sp³-hybridized carbons (Fsp3) is 0.500. The van der Waals surface area contributed by atoms with Gasteiger partial charge in [0, 0.05) is 5.57 Å². The van der Waals surface area contributed by atoms with Crippen molar-refractivity contribution in [2.75, 3.05) is 6.61 Å². The van der Waals surface area contributed by atoms with Crippen LogP contribution in [0.25, 0.3) is 0 Å². The molecule has 100 valence electrons. The van der Waals surface area contributed by atoms with Crippen LogP contribution in [0, 0.1) is 0 Å². The van der Waals surface area contributed by atoms with Gasteiger partial charge in [-0.1, -0.05) is 12.2 Å². The van der Waals surface area contributed by atoms with Crippen molar-refractivity contribution < 1.29 is 27.5 Å². The molecule has 0 spiro atoms. The van der Waals surface area contributed by atoms with Crippen LogP contribution in [0.5, 0.6) is 0 Å². The molecule has 1 aliphatic rings. The van der Waals surface area contributed by atoms with Crippen LogP contribution in [-0.4, -0.2) is 24.5 Å². The Labute approximate surface area is 102 Å². The minimum atomic E-state index is -4.35. The van der Waals surface area contributed by atoms with E-state index in [4.69, 9.17) is 0 Å². The van der Waals surface area contributed by atoms with Crippen molar-refractivity contribution in [3.63, 3.8) is 0 Å². The highest BCUT2D eigenvalue weighted by molar-refractivity contribution is 6.05. The highest BCUT2D eigenvalue weighted by Crippen LogP contribution is 2.33. The van der Waals surface area contributed by atoms with Gasteiger partial charge in [-0.05, 0) is 25.3 Å². The van der Waals surface area contributed by atoms with Crippen molar-refractivity contribution >= 4 is 11.8 Å². The lowest BCUT2D eigenvalue weighted by atomic mass is 9.94. The summed E-state index contributed by atoms with van der Waals surface area (Å²) in [6.45, 7) is 1.78. The Morgan fingerprint density at radius 3 is 2.39 bits per heavy atom. The third-order valence-corrected chi connectivity index (χ3v) is 2.48. The van der Waals surface area contributed by atoms with Gasteiger partial charge in [0.1, 0.15) is 6.42 Å². The number of hydrogen-bond donors (Lipinski definition) is 0. The van der Waals surface area contributed by atoms with Crippen molar-refractivity contribution in [1.82, 2.24) is 0 Å². The molecule has 0 saturated carbocycles. The Hall–Kier alpha value is -1.59. The van der Waals surface area contributed by atoms with Crippen LogP contribution in [0.2, 0.25) is 0 Å². The molecular weight excluding hydrogens is 249 g/mol. The first-order valence-corrected chi connectivity index (χ1v) is 5.50. The van der Waals surface area contributed by atoms with Gasteiger partial charge in [0.25, 0.3) is 0 Å². The lowest BCUT2D eigenvalue weighted by Gasteiger charge is -2.16. The van der Waals surface area contributed by atoms with Gasteiger partial charge in [0.2, 0.25) is 0 Å². The van der Waals surface area contributed by atoms with Gasteiger partial charge < -0.3 is 4.74 Å². The summed E-state index contributed by atoms with van der Waals surface area (Å²) >= 11 is 0. The molecule has 0 atom stereocenters. The molecule has 0 bridgehead atoms. The number of Topliss-reactive ketones (excluding diaryl/α,β-unsaturated/α-hetero) is 1. The highest BCUT2D eigenvalue weighted by atomic mass is 19.4. The second-order valence-corrected chi connectivity index (χ2v) is 3.79. The zero-order valence-corrected chi connectivity index (χ0v) is 9.84. The zero-order valence-electron chi connectivity index (χ0n) is 9.84. The number of carbonyl (C=O) groups is 2.